The summed E-state index contributed by atoms with van der Waals surface area (Å²) < 4.78 is 5.27. The lowest BCUT2D eigenvalue weighted by atomic mass is 10.00. The molecule has 6 nitrogen and oxygen atoms in total. The maximum absolute atomic E-state index is 5.27. The number of aromatic amines is 1. The van der Waals surface area contributed by atoms with Gasteiger partial charge in [0.2, 0.25) is 11.7 Å². The molecule has 0 bridgehead atoms. The largest absolute Gasteiger partial charge is 0.342 e. The second-order valence-electron chi connectivity index (χ2n) is 3.94. The van der Waals surface area contributed by atoms with E-state index in [1.165, 1.54) is 0 Å². The van der Waals surface area contributed by atoms with E-state index >= 15 is 0 Å². The molecule has 1 fully saturated rings. The molecule has 1 saturated heterocycles. The molecule has 2 aromatic rings. The second-order valence-corrected chi connectivity index (χ2v) is 3.94. The summed E-state index contributed by atoms with van der Waals surface area (Å²) in [7, 11) is 0. The molecular weight excluding hydrogens is 206 g/mol. The molecule has 0 aliphatic carbocycles. The van der Waals surface area contributed by atoms with Gasteiger partial charge in [-0.05, 0) is 19.4 Å². The van der Waals surface area contributed by atoms with Crippen LogP contribution in [0.25, 0.3) is 11.6 Å². The molecule has 0 saturated carbocycles. The number of piperidine rings is 1. The first-order chi connectivity index (χ1) is 7.93. The Morgan fingerprint density at radius 3 is 3.19 bits per heavy atom. The fraction of sp³-hybridized carbons (Fsp3) is 0.500. The van der Waals surface area contributed by atoms with Crippen molar-refractivity contribution in [3.05, 3.63) is 18.3 Å². The molecular formula is C10H13N5O. The normalized spacial score (nSPS) is 21.1. The Kier molecular flexibility index (Phi) is 2.41. The van der Waals surface area contributed by atoms with Gasteiger partial charge in [0.15, 0.2) is 5.82 Å². The van der Waals surface area contributed by atoms with Crippen molar-refractivity contribution >= 4 is 0 Å². The fourth-order valence-corrected chi connectivity index (χ4v) is 1.95. The zero-order valence-electron chi connectivity index (χ0n) is 8.81. The third-order valence-corrected chi connectivity index (χ3v) is 2.80. The molecule has 84 valence electrons. The first-order valence-electron chi connectivity index (χ1n) is 5.47. The maximum atomic E-state index is 5.27. The Bertz CT molecular complexity index is 443. The summed E-state index contributed by atoms with van der Waals surface area (Å²) in [6.07, 6.45) is 5.68. The van der Waals surface area contributed by atoms with Gasteiger partial charge in [-0.2, -0.15) is 4.98 Å². The number of nitrogens with zero attached hydrogens (tertiary/aromatic N) is 3. The lowest BCUT2D eigenvalue weighted by Gasteiger charge is -2.18. The van der Waals surface area contributed by atoms with Crippen molar-refractivity contribution in [1.29, 1.82) is 0 Å². The number of aromatic nitrogens is 4. The monoisotopic (exact) mass is 219 g/mol. The molecule has 2 N–H and O–H groups in total. The quantitative estimate of drug-likeness (QED) is 0.785. The highest BCUT2D eigenvalue weighted by atomic mass is 16.5. The minimum atomic E-state index is 0.338. The average Bonchev–Trinajstić information content (AvgIpc) is 3.01. The molecule has 1 aliphatic heterocycles. The molecule has 1 aliphatic rings. The molecule has 0 amide bonds. The van der Waals surface area contributed by atoms with Gasteiger partial charge in [-0.1, -0.05) is 5.16 Å². The number of imidazole rings is 1. The SMILES string of the molecule is c1c[nH]c(-c2noc(C3CCCNC3)n2)n1. The predicted octanol–water partition coefficient (Wildman–Crippen LogP) is 0.927. The standard InChI is InChI=1S/C10H13N5O/c1-2-7(6-11-3-1)10-14-9(15-16-10)8-12-4-5-13-8/h4-5,7,11H,1-3,6H2,(H,12,13). The zero-order chi connectivity index (χ0) is 10.8. The van der Waals surface area contributed by atoms with Gasteiger partial charge in [-0.3, -0.25) is 0 Å². The summed E-state index contributed by atoms with van der Waals surface area (Å²) in [6.45, 7) is 2.00. The van der Waals surface area contributed by atoms with Crippen LogP contribution in [0.4, 0.5) is 0 Å². The van der Waals surface area contributed by atoms with Crippen molar-refractivity contribution in [3.8, 4) is 11.6 Å². The fourth-order valence-electron chi connectivity index (χ4n) is 1.95. The highest BCUT2D eigenvalue weighted by Crippen LogP contribution is 2.23. The molecule has 0 spiro atoms. The van der Waals surface area contributed by atoms with Crippen molar-refractivity contribution < 1.29 is 4.52 Å². The molecule has 0 radical (unpaired) electrons. The van der Waals surface area contributed by atoms with Crippen LogP contribution in [0.1, 0.15) is 24.7 Å². The summed E-state index contributed by atoms with van der Waals surface area (Å²) in [6, 6.07) is 0. The van der Waals surface area contributed by atoms with Crippen LogP contribution in [0, 0.1) is 0 Å². The minimum absolute atomic E-state index is 0.338. The van der Waals surface area contributed by atoms with E-state index < -0.39 is 0 Å². The van der Waals surface area contributed by atoms with Crippen molar-refractivity contribution in [2.24, 2.45) is 0 Å². The number of nitrogens with one attached hydrogen (secondary N) is 2. The average molecular weight is 219 g/mol. The molecule has 16 heavy (non-hydrogen) atoms. The first kappa shape index (κ1) is 9.53. The molecule has 1 atom stereocenters. The van der Waals surface area contributed by atoms with E-state index in [4.69, 9.17) is 4.52 Å². The first-order valence-corrected chi connectivity index (χ1v) is 5.47. The number of H-pyrrole nitrogens is 1. The van der Waals surface area contributed by atoms with E-state index in [0.717, 1.165) is 25.9 Å². The van der Waals surface area contributed by atoms with E-state index in [9.17, 15) is 0 Å². The maximum Gasteiger partial charge on any atom is 0.238 e. The van der Waals surface area contributed by atoms with E-state index in [1.807, 2.05) is 0 Å². The van der Waals surface area contributed by atoms with Crippen LogP contribution in [0.15, 0.2) is 16.9 Å². The molecule has 2 aromatic heterocycles. The summed E-state index contributed by atoms with van der Waals surface area (Å²) in [5.41, 5.74) is 0. The van der Waals surface area contributed by atoms with Crippen LogP contribution < -0.4 is 5.32 Å². The molecule has 0 aromatic carbocycles. The van der Waals surface area contributed by atoms with Crippen LogP contribution in [0.5, 0.6) is 0 Å². The van der Waals surface area contributed by atoms with Gasteiger partial charge < -0.3 is 14.8 Å². The van der Waals surface area contributed by atoms with Crippen LogP contribution >= 0.6 is 0 Å². The second kappa shape index (κ2) is 4.05. The zero-order valence-corrected chi connectivity index (χ0v) is 8.81. The van der Waals surface area contributed by atoms with Crippen LogP contribution in [-0.2, 0) is 0 Å². The van der Waals surface area contributed by atoms with Crippen LogP contribution in [0.2, 0.25) is 0 Å². The van der Waals surface area contributed by atoms with Crippen LogP contribution in [0.3, 0.4) is 0 Å². The Hall–Kier alpha value is -1.69. The third kappa shape index (κ3) is 1.71. The predicted molar refractivity (Wildman–Crippen MR) is 56.7 cm³/mol. The van der Waals surface area contributed by atoms with E-state index in [-0.39, 0.29) is 0 Å². The lowest BCUT2D eigenvalue weighted by Crippen LogP contribution is -2.28. The minimum Gasteiger partial charge on any atom is -0.342 e. The molecule has 3 rings (SSSR count). The van der Waals surface area contributed by atoms with E-state index in [0.29, 0.717) is 23.5 Å². The smallest absolute Gasteiger partial charge is 0.238 e. The highest BCUT2D eigenvalue weighted by molar-refractivity contribution is 5.40. The Balaban J connectivity index is 1.82. The molecule has 6 heteroatoms. The number of hydrogen-bond acceptors (Lipinski definition) is 5. The van der Waals surface area contributed by atoms with Gasteiger partial charge >= 0.3 is 0 Å². The number of rotatable bonds is 2. The Morgan fingerprint density at radius 2 is 2.44 bits per heavy atom. The third-order valence-electron chi connectivity index (χ3n) is 2.80. The Morgan fingerprint density at radius 1 is 1.44 bits per heavy atom. The molecule has 1 unspecified atom stereocenters. The van der Waals surface area contributed by atoms with Gasteiger partial charge in [0.25, 0.3) is 0 Å². The van der Waals surface area contributed by atoms with Crippen LogP contribution in [-0.4, -0.2) is 33.2 Å². The van der Waals surface area contributed by atoms with Gasteiger partial charge in [0, 0.05) is 18.9 Å². The summed E-state index contributed by atoms with van der Waals surface area (Å²) in [5, 5.41) is 7.25. The van der Waals surface area contributed by atoms with Gasteiger partial charge in [0.1, 0.15) is 0 Å². The summed E-state index contributed by atoms with van der Waals surface area (Å²) in [5.74, 6) is 2.23. The molecule has 3 heterocycles. The van der Waals surface area contributed by atoms with Gasteiger partial charge in [-0.15, -0.1) is 0 Å². The van der Waals surface area contributed by atoms with E-state index in [2.05, 4.69) is 25.4 Å². The van der Waals surface area contributed by atoms with Crippen molar-refractivity contribution in [1.82, 2.24) is 25.4 Å². The number of hydrogen-bond donors (Lipinski definition) is 2. The van der Waals surface area contributed by atoms with Crippen molar-refractivity contribution in [2.45, 2.75) is 18.8 Å². The lowest BCUT2D eigenvalue weighted by molar-refractivity contribution is 0.322. The Labute approximate surface area is 92.5 Å². The topological polar surface area (TPSA) is 79.6 Å². The van der Waals surface area contributed by atoms with Crippen molar-refractivity contribution in [3.63, 3.8) is 0 Å². The summed E-state index contributed by atoms with van der Waals surface area (Å²) in [4.78, 5) is 11.4. The van der Waals surface area contributed by atoms with Gasteiger partial charge in [-0.25, -0.2) is 4.98 Å². The van der Waals surface area contributed by atoms with E-state index in [1.54, 1.807) is 12.4 Å². The summed E-state index contributed by atoms with van der Waals surface area (Å²) >= 11 is 0. The van der Waals surface area contributed by atoms with Crippen molar-refractivity contribution in [2.75, 3.05) is 13.1 Å². The van der Waals surface area contributed by atoms with Gasteiger partial charge in [0.05, 0.1) is 5.92 Å². The highest BCUT2D eigenvalue weighted by Gasteiger charge is 2.22.